The lowest BCUT2D eigenvalue weighted by molar-refractivity contribution is -0.143. The summed E-state index contributed by atoms with van der Waals surface area (Å²) in [5.41, 5.74) is -0.827. The highest BCUT2D eigenvalue weighted by atomic mass is 16.6. The van der Waals surface area contributed by atoms with Crippen LogP contribution in [0.3, 0.4) is 0 Å². The van der Waals surface area contributed by atoms with Crippen molar-refractivity contribution in [2.24, 2.45) is 0 Å². The van der Waals surface area contributed by atoms with Crippen molar-refractivity contribution in [3.05, 3.63) is 108 Å². The van der Waals surface area contributed by atoms with Gasteiger partial charge in [-0.15, -0.1) is 0 Å². The van der Waals surface area contributed by atoms with E-state index in [0.29, 0.717) is 0 Å². The first-order valence-corrected chi connectivity index (χ1v) is 17.5. The monoisotopic (exact) mass is 824 g/mol. The summed E-state index contributed by atoms with van der Waals surface area (Å²) < 4.78 is 40.2. The Kier molecular flexibility index (Phi) is 19.6. The van der Waals surface area contributed by atoms with Crippen LogP contribution in [0.2, 0.25) is 0 Å². The molecule has 0 radical (unpaired) electrons. The molecule has 316 valence electrons. The van der Waals surface area contributed by atoms with Gasteiger partial charge in [0.05, 0.1) is 22.3 Å². The highest BCUT2D eigenvalue weighted by Gasteiger charge is 2.25. The highest BCUT2D eigenvalue weighted by Crippen LogP contribution is 2.27. The Labute approximate surface area is 338 Å². The first-order chi connectivity index (χ1) is 27.9. The van der Waals surface area contributed by atoms with Gasteiger partial charge >= 0.3 is 47.8 Å². The first-order valence-electron chi connectivity index (χ1n) is 17.5. The van der Waals surface area contributed by atoms with Gasteiger partial charge in [-0.1, -0.05) is 38.4 Å². The molecule has 59 heavy (non-hydrogen) atoms. The molecule has 0 spiro atoms. The molecule has 0 aliphatic carbocycles. The zero-order chi connectivity index (χ0) is 44.2. The van der Waals surface area contributed by atoms with E-state index in [9.17, 15) is 48.6 Å². The fraction of sp³-hybridized carbons (Fsp3) is 0.317. The van der Waals surface area contributed by atoms with Crippen LogP contribution in [0.5, 0.6) is 0 Å². The number of esters is 8. The molecule has 0 saturated carbocycles. The Balaban J connectivity index is 2.48. The molecule has 2 unspecified atom stereocenters. The van der Waals surface area contributed by atoms with Crippen LogP contribution in [0.25, 0.3) is 11.1 Å². The van der Waals surface area contributed by atoms with E-state index >= 15 is 0 Å². The lowest BCUT2D eigenvalue weighted by atomic mass is 9.95. The number of ether oxygens (including phenoxy) is 8. The Morgan fingerprint density at radius 3 is 1.19 bits per heavy atom. The highest BCUT2D eigenvalue weighted by molar-refractivity contribution is 6.06. The second-order valence-electron chi connectivity index (χ2n) is 12.3. The molecule has 0 aliphatic heterocycles. The maximum atomic E-state index is 13.4. The van der Waals surface area contributed by atoms with Crippen molar-refractivity contribution in [2.45, 2.75) is 33.0 Å². The molecule has 0 aromatic heterocycles. The molecule has 0 fully saturated rings. The van der Waals surface area contributed by atoms with Crippen LogP contribution in [0.15, 0.2) is 85.5 Å². The van der Waals surface area contributed by atoms with Crippen molar-refractivity contribution in [2.75, 3.05) is 52.9 Å². The quantitative estimate of drug-likeness (QED) is 0.0707. The molecule has 0 amide bonds. The smallest absolute Gasteiger partial charge is 0.339 e. The molecule has 2 N–H and O–H groups in total. The summed E-state index contributed by atoms with van der Waals surface area (Å²) in [5.74, 6) is -7.44. The number of carbonyl (C=O) groups excluding carboxylic acids is 8. The van der Waals surface area contributed by atoms with Crippen molar-refractivity contribution >= 4 is 47.8 Å². The number of aliphatic hydroxyl groups excluding tert-OH is 2. The van der Waals surface area contributed by atoms with E-state index in [0.717, 1.165) is 6.08 Å². The van der Waals surface area contributed by atoms with Gasteiger partial charge in [0.2, 0.25) is 0 Å². The van der Waals surface area contributed by atoms with Gasteiger partial charge in [0.15, 0.2) is 0 Å². The van der Waals surface area contributed by atoms with E-state index in [-0.39, 0.29) is 63.3 Å². The summed E-state index contributed by atoms with van der Waals surface area (Å²) in [6.07, 6.45) is -1.99. The topological polar surface area (TPSA) is 251 Å². The lowest BCUT2D eigenvalue weighted by Gasteiger charge is -2.16. The zero-order valence-corrected chi connectivity index (χ0v) is 32.6. The van der Waals surface area contributed by atoms with Gasteiger partial charge in [-0.2, -0.15) is 0 Å². The number of carbonyl (C=O) groups is 8. The molecule has 2 aromatic rings. The standard InChI is InChI=1S/C41H44O18/c1-8-34(44)52-13-14-54-40(50)32-17-26(9-11-30(32)38(48)58-21-28(42)19-56-36(46)24(4)5)27-10-12-31(39(49)59-22-29(43)20-57-37(47)25(6)7)33(18-27)41(51)55-16-15-53-35(45)23(2)3/h8-12,17-18,28-29,42-43H,1-2,4,6,13-16,19-22H2,3,5,7H3. The Morgan fingerprint density at radius 2 is 0.814 bits per heavy atom. The van der Waals surface area contributed by atoms with E-state index in [1.807, 2.05) is 0 Å². The molecule has 0 bridgehead atoms. The van der Waals surface area contributed by atoms with Crippen LogP contribution in [0.1, 0.15) is 62.2 Å². The maximum Gasteiger partial charge on any atom is 0.339 e. The lowest BCUT2D eigenvalue weighted by Crippen LogP contribution is -2.26. The second-order valence-corrected chi connectivity index (χ2v) is 12.3. The molecule has 2 atom stereocenters. The summed E-state index contributed by atoms with van der Waals surface area (Å²) in [4.78, 5) is 99.5. The van der Waals surface area contributed by atoms with Crippen LogP contribution < -0.4 is 0 Å². The third-order valence-corrected chi connectivity index (χ3v) is 7.20. The van der Waals surface area contributed by atoms with Crippen molar-refractivity contribution in [1.82, 2.24) is 0 Å². The van der Waals surface area contributed by atoms with E-state index < -0.39 is 99.6 Å². The van der Waals surface area contributed by atoms with Gasteiger partial charge in [0.25, 0.3) is 0 Å². The molecule has 2 aromatic carbocycles. The second kappa shape index (κ2) is 24.0. The van der Waals surface area contributed by atoms with E-state index in [2.05, 4.69) is 26.3 Å². The molecule has 0 saturated heterocycles. The number of hydrogen-bond donors (Lipinski definition) is 2. The first kappa shape index (κ1) is 48.2. The Hall–Kier alpha value is -6.92. The van der Waals surface area contributed by atoms with Crippen LogP contribution in [0, 0.1) is 0 Å². The van der Waals surface area contributed by atoms with Gasteiger partial charge < -0.3 is 48.1 Å². The van der Waals surface area contributed by atoms with Crippen molar-refractivity contribution < 1.29 is 86.5 Å². The van der Waals surface area contributed by atoms with Crippen molar-refractivity contribution in [3.8, 4) is 11.1 Å². The third kappa shape index (κ3) is 16.2. The fourth-order valence-electron chi connectivity index (χ4n) is 4.21. The molecule has 0 heterocycles. The molecule has 18 heteroatoms. The van der Waals surface area contributed by atoms with Gasteiger partial charge in [-0.3, -0.25) is 0 Å². The van der Waals surface area contributed by atoms with Crippen molar-refractivity contribution in [1.29, 1.82) is 0 Å². The van der Waals surface area contributed by atoms with Crippen molar-refractivity contribution in [3.63, 3.8) is 0 Å². The predicted molar refractivity (Wildman–Crippen MR) is 203 cm³/mol. The summed E-state index contributed by atoms with van der Waals surface area (Å²) in [7, 11) is 0. The van der Waals surface area contributed by atoms with Crippen LogP contribution in [-0.2, 0) is 57.1 Å². The van der Waals surface area contributed by atoms with E-state index in [1.165, 1.54) is 57.2 Å². The van der Waals surface area contributed by atoms with E-state index in [1.54, 1.807) is 0 Å². The SMILES string of the molecule is C=CC(=O)OCCOC(=O)c1cc(-c2ccc(C(=O)OCC(O)COC(=O)C(=C)C)c(C(=O)OCCOC(=O)C(=C)C)c2)ccc1C(=O)OCC(O)COC(=O)C(=C)C. The average molecular weight is 825 g/mol. The largest absolute Gasteiger partial charge is 0.459 e. The van der Waals surface area contributed by atoms with Gasteiger partial charge in [0.1, 0.15) is 65.1 Å². The minimum Gasteiger partial charge on any atom is -0.459 e. The predicted octanol–water partition coefficient (Wildman–Crippen LogP) is 2.79. The normalized spacial score (nSPS) is 11.3. The molecule has 0 aliphatic rings. The number of benzene rings is 2. The summed E-state index contributed by atoms with van der Waals surface area (Å²) >= 11 is 0. The molecule has 18 nitrogen and oxygen atoms in total. The van der Waals surface area contributed by atoms with Crippen LogP contribution in [-0.4, -0.2) is 123 Å². The Morgan fingerprint density at radius 1 is 0.492 bits per heavy atom. The summed E-state index contributed by atoms with van der Waals surface area (Å²) in [5, 5.41) is 20.4. The van der Waals surface area contributed by atoms with Gasteiger partial charge in [-0.05, 0) is 56.2 Å². The van der Waals surface area contributed by atoms with Gasteiger partial charge in [0, 0.05) is 22.8 Å². The maximum absolute atomic E-state index is 13.4. The minimum atomic E-state index is -1.44. The van der Waals surface area contributed by atoms with Crippen LogP contribution >= 0.6 is 0 Å². The Bertz CT molecular complexity index is 1980. The number of hydrogen-bond acceptors (Lipinski definition) is 18. The zero-order valence-electron chi connectivity index (χ0n) is 32.6. The van der Waals surface area contributed by atoms with E-state index in [4.69, 9.17) is 37.9 Å². The molecule has 2 rings (SSSR count). The molecular formula is C41H44O18. The summed E-state index contributed by atoms with van der Waals surface area (Å²) in [6, 6.07) is 7.46. The van der Waals surface area contributed by atoms with Gasteiger partial charge in [-0.25, -0.2) is 38.4 Å². The third-order valence-electron chi connectivity index (χ3n) is 7.20. The minimum absolute atomic E-state index is 0.0764. The van der Waals surface area contributed by atoms with Crippen LogP contribution in [0.4, 0.5) is 0 Å². The molecular weight excluding hydrogens is 780 g/mol. The summed E-state index contributed by atoms with van der Waals surface area (Å²) in [6.45, 7) is 13.8. The fourth-order valence-corrected chi connectivity index (χ4v) is 4.21. The number of rotatable bonds is 23. The number of aliphatic hydroxyl groups is 2. The average Bonchev–Trinajstić information content (AvgIpc) is 3.21.